The summed E-state index contributed by atoms with van der Waals surface area (Å²) in [7, 11) is 0. The summed E-state index contributed by atoms with van der Waals surface area (Å²) in [5.74, 6) is -0.247. The Bertz CT molecular complexity index is 882. The molecule has 0 saturated carbocycles. The lowest BCUT2D eigenvalue weighted by molar-refractivity contribution is -0.126. The standard InChI is InChI=1S/C22H22N2O3/c1-2-18(25)12-19-21(26)20(17-6-4-3-5-7-17)22(27)24(19)14-16-10-8-15(13-23)9-11-16/h3-11,18-19,25-26H,2,12,14H2,1H3/t18-,19-/m1/s1. The van der Waals surface area contributed by atoms with Gasteiger partial charge >= 0.3 is 0 Å². The molecule has 0 unspecified atom stereocenters. The van der Waals surface area contributed by atoms with Crippen molar-refractivity contribution in [2.24, 2.45) is 0 Å². The van der Waals surface area contributed by atoms with Gasteiger partial charge < -0.3 is 15.1 Å². The van der Waals surface area contributed by atoms with E-state index in [-0.39, 0.29) is 23.7 Å². The zero-order valence-corrected chi connectivity index (χ0v) is 15.2. The quantitative estimate of drug-likeness (QED) is 0.825. The highest BCUT2D eigenvalue weighted by Crippen LogP contribution is 2.35. The lowest BCUT2D eigenvalue weighted by Crippen LogP contribution is -2.37. The van der Waals surface area contributed by atoms with Gasteiger partial charge in [0.05, 0.1) is 29.4 Å². The zero-order chi connectivity index (χ0) is 19.4. The first kappa shape index (κ1) is 18.7. The minimum atomic E-state index is -0.608. The van der Waals surface area contributed by atoms with Crippen molar-refractivity contribution in [1.29, 1.82) is 5.26 Å². The van der Waals surface area contributed by atoms with Gasteiger partial charge in [0.1, 0.15) is 5.76 Å². The second kappa shape index (κ2) is 8.07. The van der Waals surface area contributed by atoms with Gasteiger partial charge in [0, 0.05) is 13.0 Å². The number of hydrogen-bond acceptors (Lipinski definition) is 4. The van der Waals surface area contributed by atoms with E-state index in [1.165, 1.54) is 0 Å². The molecule has 1 aliphatic heterocycles. The molecule has 5 nitrogen and oxygen atoms in total. The van der Waals surface area contributed by atoms with Gasteiger partial charge in [-0.3, -0.25) is 4.79 Å². The van der Waals surface area contributed by atoms with Gasteiger partial charge in [0.25, 0.3) is 5.91 Å². The highest BCUT2D eigenvalue weighted by atomic mass is 16.3. The van der Waals surface area contributed by atoms with E-state index in [0.717, 1.165) is 5.56 Å². The first-order chi connectivity index (χ1) is 13.0. The molecule has 0 bridgehead atoms. The molecule has 2 aromatic rings. The van der Waals surface area contributed by atoms with Crippen LogP contribution in [0.1, 0.15) is 36.5 Å². The van der Waals surface area contributed by atoms with Crippen LogP contribution in [0.2, 0.25) is 0 Å². The molecular formula is C22H22N2O3. The van der Waals surface area contributed by atoms with Crippen molar-refractivity contribution in [3.63, 3.8) is 0 Å². The van der Waals surface area contributed by atoms with Crippen LogP contribution in [0.15, 0.2) is 60.4 Å². The summed E-state index contributed by atoms with van der Waals surface area (Å²) in [4.78, 5) is 14.7. The van der Waals surface area contributed by atoms with Crippen molar-refractivity contribution < 1.29 is 15.0 Å². The van der Waals surface area contributed by atoms with Crippen molar-refractivity contribution in [2.45, 2.75) is 38.5 Å². The van der Waals surface area contributed by atoms with Crippen molar-refractivity contribution in [3.05, 3.63) is 77.0 Å². The van der Waals surface area contributed by atoms with Crippen LogP contribution >= 0.6 is 0 Å². The Morgan fingerprint density at radius 3 is 2.41 bits per heavy atom. The van der Waals surface area contributed by atoms with Crippen LogP contribution < -0.4 is 0 Å². The Morgan fingerprint density at radius 2 is 1.81 bits per heavy atom. The predicted molar refractivity (Wildman–Crippen MR) is 102 cm³/mol. The van der Waals surface area contributed by atoms with Gasteiger partial charge in [0.15, 0.2) is 0 Å². The van der Waals surface area contributed by atoms with Crippen LogP contribution in [0.5, 0.6) is 0 Å². The monoisotopic (exact) mass is 362 g/mol. The Hall–Kier alpha value is -3.10. The first-order valence-corrected chi connectivity index (χ1v) is 9.01. The van der Waals surface area contributed by atoms with E-state index >= 15 is 0 Å². The number of carbonyl (C=O) groups is 1. The molecule has 2 atom stereocenters. The van der Waals surface area contributed by atoms with Crippen molar-refractivity contribution in [1.82, 2.24) is 4.90 Å². The summed E-state index contributed by atoms with van der Waals surface area (Å²) >= 11 is 0. The number of carbonyl (C=O) groups excluding carboxylic acids is 1. The molecule has 1 heterocycles. The average molecular weight is 362 g/mol. The SMILES string of the molecule is CC[C@@H](O)C[C@@H]1C(O)=C(c2ccccc2)C(=O)N1Cc1ccc(C#N)cc1. The van der Waals surface area contributed by atoms with Gasteiger partial charge in [0.2, 0.25) is 0 Å². The van der Waals surface area contributed by atoms with Gasteiger partial charge in [-0.1, -0.05) is 49.4 Å². The molecule has 2 N–H and O–H groups in total. The van der Waals surface area contributed by atoms with Gasteiger partial charge in [-0.2, -0.15) is 5.26 Å². The summed E-state index contributed by atoms with van der Waals surface area (Å²) in [5.41, 5.74) is 2.37. The molecule has 0 radical (unpaired) electrons. The number of amides is 1. The van der Waals surface area contributed by atoms with E-state index in [4.69, 9.17) is 5.26 Å². The van der Waals surface area contributed by atoms with E-state index in [1.54, 1.807) is 41.3 Å². The second-order valence-electron chi connectivity index (χ2n) is 6.68. The van der Waals surface area contributed by atoms with Crippen molar-refractivity contribution in [2.75, 3.05) is 0 Å². The number of nitrogens with zero attached hydrogens (tertiary/aromatic N) is 2. The summed E-state index contributed by atoms with van der Waals surface area (Å²) in [6.45, 7) is 2.16. The molecule has 1 amide bonds. The molecule has 0 spiro atoms. The predicted octanol–water partition coefficient (Wildman–Crippen LogP) is 3.40. The number of nitriles is 1. The van der Waals surface area contributed by atoms with E-state index in [2.05, 4.69) is 6.07 Å². The molecule has 2 aromatic carbocycles. The number of aliphatic hydroxyl groups excluding tert-OH is 2. The topological polar surface area (TPSA) is 84.6 Å². The van der Waals surface area contributed by atoms with Crippen molar-refractivity contribution in [3.8, 4) is 6.07 Å². The van der Waals surface area contributed by atoms with E-state index in [0.29, 0.717) is 24.1 Å². The number of aliphatic hydroxyl groups is 2. The maximum absolute atomic E-state index is 13.1. The minimum absolute atomic E-state index is 0.00680. The van der Waals surface area contributed by atoms with Crippen LogP contribution in [0.3, 0.4) is 0 Å². The summed E-state index contributed by atoms with van der Waals surface area (Å²) in [5, 5.41) is 29.9. The maximum atomic E-state index is 13.1. The molecule has 27 heavy (non-hydrogen) atoms. The molecule has 0 saturated heterocycles. The van der Waals surface area contributed by atoms with E-state index < -0.39 is 12.1 Å². The molecule has 0 aliphatic carbocycles. The van der Waals surface area contributed by atoms with E-state index in [9.17, 15) is 15.0 Å². The van der Waals surface area contributed by atoms with Gasteiger partial charge in [-0.15, -0.1) is 0 Å². The van der Waals surface area contributed by atoms with Gasteiger partial charge in [-0.05, 0) is 29.7 Å². The molecular weight excluding hydrogens is 340 g/mol. The van der Waals surface area contributed by atoms with Crippen molar-refractivity contribution >= 4 is 11.5 Å². The molecule has 138 valence electrons. The fourth-order valence-corrected chi connectivity index (χ4v) is 3.31. The Morgan fingerprint density at radius 1 is 1.15 bits per heavy atom. The fraction of sp³-hybridized carbons (Fsp3) is 0.273. The second-order valence-corrected chi connectivity index (χ2v) is 6.68. The van der Waals surface area contributed by atoms with Crippen LogP contribution in [-0.4, -0.2) is 33.2 Å². The Balaban J connectivity index is 1.93. The van der Waals surface area contributed by atoms with Crippen LogP contribution in [0, 0.1) is 11.3 Å². The minimum Gasteiger partial charge on any atom is -0.509 e. The largest absolute Gasteiger partial charge is 0.509 e. The molecule has 5 heteroatoms. The Labute approximate surface area is 158 Å². The highest BCUT2D eigenvalue weighted by molar-refractivity contribution is 6.22. The molecule has 0 aromatic heterocycles. The normalized spacial score (nSPS) is 17.9. The third-order valence-electron chi connectivity index (χ3n) is 4.89. The number of rotatable bonds is 6. The zero-order valence-electron chi connectivity index (χ0n) is 15.2. The summed E-state index contributed by atoms with van der Waals surface area (Å²) in [6.07, 6.45) is 0.216. The van der Waals surface area contributed by atoms with Gasteiger partial charge in [-0.25, -0.2) is 0 Å². The summed E-state index contributed by atoms with van der Waals surface area (Å²) < 4.78 is 0. The number of hydrogen-bond donors (Lipinski definition) is 2. The molecule has 0 fully saturated rings. The Kier molecular flexibility index (Phi) is 5.58. The maximum Gasteiger partial charge on any atom is 0.258 e. The average Bonchev–Trinajstić information content (AvgIpc) is 2.93. The van der Waals surface area contributed by atoms with E-state index in [1.807, 2.05) is 25.1 Å². The lowest BCUT2D eigenvalue weighted by Gasteiger charge is -2.27. The fourth-order valence-electron chi connectivity index (χ4n) is 3.31. The number of benzene rings is 2. The third-order valence-corrected chi connectivity index (χ3v) is 4.89. The first-order valence-electron chi connectivity index (χ1n) is 9.01. The van der Waals surface area contributed by atoms with Crippen LogP contribution in [0.25, 0.3) is 5.57 Å². The van der Waals surface area contributed by atoms with Crippen LogP contribution in [0.4, 0.5) is 0 Å². The summed E-state index contributed by atoms with van der Waals surface area (Å²) in [6, 6.07) is 17.6. The molecule has 1 aliphatic rings. The molecule has 3 rings (SSSR count). The highest BCUT2D eigenvalue weighted by Gasteiger charge is 2.40. The third kappa shape index (κ3) is 3.86. The smallest absolute Gasteiger partial charge is 0.258 e. The lowest BCUT2D eigenvalue weighted by atomic mass is 10.0. The van der Waals surface area contributed by atoms with Crippen LogP contribution in [-0.2, 0) is 11.3 Å².